The average Bonchev–Trinajstić information content (AvgIpc) is 3.19. The number of nitriles is 1. The van der Waals surface area contributed by atoms with Crippen molar-refractivity contribution >= 4 is 34.3 Å². The fourth-order valence-electron chi connectivity index (χ4n) is 4.05. The van der Waals surface area contributed by atoms with Gasteiger partial charge in [-0.2, -0.15) is 5.26 Å². The van der Waals surface area contributed by atoms with Gasteiger partial charge in [-0.25, -0.2) is 4.79 Å². The van der Waals surface area contributed by atoms with Crippen LogP contribution in [0.4, 0.5) is 5.00 Å². The second-order valence-corrected chi connectivity index (χ2v) is 9.02. The molecule has 0 bridgehead atoms. The lowest BCUT2D eigenvalue weighted by atomic mass is 9.85. The van der Waals surface area contributed by atoms with Crippen LogP contribution >= 0.6 is 11.3 Å². The number of nitrogens with one attached hydrogen (secondary N) is 1. The maximum atomic E-state index is 13.0. The summed E-state index contributed by atoms with van der Waals surface area (Å²) in [5.41, 5.74) is 1.92. The number of fused-ring (bicyclic) bond motifs is 1. The Hall–Kier alpha value is -3.31. The quantitative estimate of drug-likeness (QED) is 0.292. The van der Waals surface area contributed by atoms with Gasteiger partial charge >= 0.3 is 5.97 Å². The fourth-order valence-corrected chi connectivity index (χ4v) is 5.39. The fraction of sp³-hybridized carbons (Fsp3) is 0.423. The highest BCUT2D eigenvalue weighted by atomic mass is 32.1. The SMILES string of the molecule is CCOC(=O)c1c(NC(=O)/C(C#N)=C/c2ccc(OC)c(OCC)c2)sc2c1CCC(CC)C2. The van der Waals surface area contributed by atoms with E-state index >= 15 is 0 Å². The van der Waals surface area contributed by atoms with Gasteiger partial charge in [0.15, 0.2) is 11.5 Å². The number of carbonyl (C=O) groups is 2. The summed E-state index contributed by atoms with van der Waals surface area (Å²) in [6.45, 7) is 6.48. The first-order chi connectivity index (χ1) is 16.4. The third-order valence-corrected chi connectivity index (χ3v) is 6.98. The van der Waals surface area contributed by atoms with Gasteiger partial charge < -0.3 is 19.5 Å². The minimum absolute atomic E-state index is 0.0831. The molecular weight excluding hydrogens is 452 g/mol. The molecule has 0 aliphatic heterocycles. The standard InChI is InChI=1S/C26H30N2O5S/c1-5-16-8-10-19-22(14-16)34-25(23(19)26(30)33-7-3)28-24(29)18(15-27)12-17-9-11-20(31-4)21(13-17)32-6-2/h9,11-13,16H,5-8,10,14H2,1-4H3,(H,28,29)/b18-12+. The van der Waals surface area contributed by atoms with Crippen LogP contribution in [-0.2, 0) is 22.4 Å². The molecule has 1 aliphatic carbocycles. The molecule has 0 saturated carbocycles. The average molecular weight is 483 g/mol. The van der Waals surface area contributed by atoms with E-state index in [1.807, 2.05) is 13.0 Å². The van der Waals surface area contributed by atoms with Crippen LogP contribution in [0.15, 0.2) is 23.8 Å². The van der Waals surface area contributed by atoms with Gasteiger partial charge in [0.2, 0.25) is 0 Å². The lowest BCUT2D eigenvalue weighted by Gasteiger charge is -2.20. The number of esters is 1. The molecule has 1 N–H and O–H groups in total. The molecule has 1 atom stereocenters. The Morgan fingerprint density at radius 2 is 2.03 bits per heavy atom. The number of anilines is 1. The predicted molar refractivity (Wildman–Crippen MR) is 132 cm³/mol. The van der Waals surface area contributed by atoms with Crippen molar-refractivity contribution in [2.24, 2.45) is 5.92 Å². The Bertz CT molecular complexity index is 1130. The first kappa shape index (κ1) is 25.3. The predicted octanol–water partition coefficient (Wildman–Crippen LogP) is 5.39. The van der Waals surface area contributed by atoms with Crippen LogP contribution in [0, 0.1) is 17.2 Å². The summed E-state index contributed by atoms with van der Waals surface area (Å²) in [6.07, 6.45) is 5.22. The molecule has 8 heteroatoms. The summed E-state index contributed by atoms with van der Waals surface area (Å²) in [6, 6.07) is 7.14. The van der Waals surface area contributed by atoms with Crippen LogP contribution in [0.1, 0.15) is 60.0 Å². The molecular formula is C26H30N2O5S. The lowest BCUT2D eigenvalue weighted by Crippen LogP contribution is -2.17. The van der Waals surface area contributed by atoms with Crippen LogP contribution in [0.25, 0.3) is 6.08 Å². The second kappa shape index (κ2) is 11.7. The van der Waals surface area contributed by atoms with Crippen LogP contribution in [0.5, 0.6) is 11.5 Å². The maximum absolute atomic E-state index is 13.0. The van der Waals surface area contributed by atoms with Crippen LogP contribution < -0.4 is 14.8 Å². The molecule has 1 aliphatic rings. The zero-order chi connectivity index (χ0) is 24.7. The Kier molecular flexibility index (Phi) is 8.72. The molecule has 1 aromatic carbocycles. The van der Waals surface area contributed by atoms with Crippen molar-refractivity contribution in [1.82, 2.24) is 0 Å². The monoisotopic (exact) mass is 482 g/mol. The highest BCUT2D eigenvalue weighted by Crippen LogP contribution is 2.41. The summed E-state index contributed by atoms with van der Waals surface area (Å²) in [4.78, 5) is 26.9. The van der Waals surface area contributed by atoms with Crippen molar-refractivity contribution in [3.8, 4) is 17.6 Å². The van der Waals surface area contributed by atoms with E-state index in [4.69, 9.17) is 14.2 Å². The van der Waals surface area contributed by atoms with E-state index in [-0.39, 0.29) is 12.2 Å². The van der Waals surface area contributed by atoms with Gasteiger partial charge in [0.1, 0.15) is 16.6 Å². The molecule has 0 saturated heterocycles. The Balaban J connectivity index is 1.92. The molecule has 1 heterocycles. The van der Waals surface area contributed by atoms with Gasteiger partial charge in [0.05, 0.1) is 25.9 Å². The summed E-state index contributed by atoms with van der Waals surface area (Å²) >= 11 is 1.41. The molecule has 0 radical (unpaired) electrons. The summed E-state index contributed by atoms with van der Waals surface area (Å²) in [7, 11) is 1.55. The largest absolute Gasteiger partial charge is 0.493 e. The van der Waals surface area contributed by atoms with Gasteiger partial charge in [0.25, 0.3) is 5.91 Å². The minimum atomic E-state index is -0.576. The van der Waals surface area contributed by atoms with Gasteiger partial charge in [-0.05, 0) is 68.4 Å². The van der Waals surface area contributed by atoms with E-state index in [1.54, 1.807) is 32.2 Å². The first-order valence-electron chi connectivity index (χ1n) is 11.5. The molecule has 2 aromatic rings. The molecule has 0 fully saturated rings. The number of thiophene rings is 1. The van der Waals surface area contributed by atoms with Gasteiger partial charge in [-0.1, -0.05) is 19.4 Å². The van der Waals surface area contributed by atoms with Crippen molar-refractivity contribution in [2.45, 2.75) is 46.5 Å². The van der Waals surface area contributed by atoms with E-state index < -0.39 is 11.9 Å². The Morgan fingerprint density at radius 1 is 1.24 bits per heavy atom. The van der Waals surface area contributed by atoms with E-state index in [0.717, 1.165) is 36.1 Å². The molecule has 1 amide bonds. The van der Waals surface area contributed by atoms with Crippen LogP contribution in [0.3, 0.4) is 0 Å². The topological polar surface area (TPSA) is 97.7 Å². The normalized spacial score (nSPS) is 15.1. The zero-order valence-electron chi connectivity index (χ0n) is 20.0. The van der Waals surface area contributed by atoms with Crippen LogP contribution in [0.2, 0.25) is 0 Å². The Morgan fingerprint density at radius 3 is 2.68 bits per heavy atom. The number of carbonyl (C=O) groups excluding carboxylic acids is 2. The number of benzene rings is 1. The third kappa shape index (κ3) is 5.60. The van der Waals surface area contributed by atoms with E-state index in [1.165, 1.54) is 17.4 Å². The zero-order valence-corrected chi connectivity index (χ0v) is 20.8. The van der Waals surface area contributed by atoms with Crippen LogP contribution in [-0.4, -0.2) is 32.2 Å². The van der Waals surface area contributed by atoms with Crippen molar-refractivity contribution in [2.75, 3.05) is 25.6 Å². The van der Waals surface area contributed by atoms with E-state index in [9.17, 15) is 14.9 Å². The number of ether oxygens (including phenoxy) is 3. The number of hydrogen-bond donors (Lipinski definition) is 1. The number of amides is 1. The molecule has 34 heavy (non-hydrogen) atoms. The second-order valence-electron chi connectivity index (χ2n) is 7.91. The molecule has 1 aromatic heterocycles. The third-order valence-electron chi connectivity index (χ3n) is 5.81. The molecule has 7 nitrogen and oxygen atoms in total. The molecule has 1 unspecified atom stereocenters. The van der Waals surface area contributed by atoms with Gasteiger partial charge in [-0.15, -0.1) is 11.3 Å². The summed E-state index contributed by atoms with van der Waals surface area (Å²) < 4.78 is 16.2. The Labute approximate surface area is 204 Å². The number of rotatable bonds is 9. The molecule has 3 rings (SSSR count). The highest BCUT2D eigenvalue weighted by molar-refractivity contribution is 7.17. The van der Waals surface area contributed by atoms with Gasteiger partial charge in [0, 0.05) is 4.88 Å². The van der Waals surface area contributed by atoms with E-state index in [0.29, 0.717) is 40.2 Å². The van der Waals surface area contributed by atoms with Crippen molar-refractivity contribution < 1.29 is 23.8 Å². The minimum Gasteiger partial charge on any atom is -0.493 e. The highest BCUT2D eigenvalue weighted by Gasteiger charge is 2.30. The molecule has 180 valence electrons. The maximum Gasteiger partial charge on any atom is 0.341 e. The van der Waals surface area contributed by atoms with E-state index in [2.05, 4.69) is 12.2 Å². The molecule has 0 spiro atoms. The first-order valence-corrected chi connectivity index (χ1v) is 12.3. The van der Waals surface area contributed by atoms with Gasteiger partial charge in [-0.3, -0.25) is 4.79 Å². The smallest absolute Gasteiger partial charge is 0.341 e. The van der Waals surface area contributed by atoms with Crippen molar-refractivity contribution in [3.63, 3.8) is 0 Å². The number of methoxy groups -OCH3 is 1. The van der Waals surface area contributed by atoms with Crippen molar-refractivity contribution in [3.05, 3.63) is 45.3 Å². The summed E-state index contributed by atoms with van der Waals surface area (Å²) in [5.74, 6) is 0.638. The van der Waals surface area contributed by atoms with Crippen molar-refractivity contribution in [1.29, 1.82) is 5.26 Å². The lowest BCUT2D eigenvalue weighted by molar-refractivity contribution is -0.112. The summed E-state index contributed by atoms with van der Waals surface area (Å²) in [5, 5.41) is 12.9. The number of hydrogen-bond acceptors (Lipinski definition) is 7. The number of nitrogens with zero attached hydrogens (tertiary/aromatic N) is 1.